The molecule has 34 heavy (non-hydrogen) atoms. The Labute approximate surface area is 202 Å². The zero-order chi connectivity index (χ0) is 25.0. The molecule has 1 unspecified atom stereocenters. The van der Waals surface area contributed by atoms with E-state index in [1.165, 1.54) is 0 Å². The monoisotopic (exact) mass is 465 g/mol. The van der Waals surface area contributed by atoms with Gasteiger partial charge in [0.2, 0.25) is 0 Å². The average molecular weight is 466 g/mol. The van der Waals surface area contributed by atoms with E-state index in [2.05, 4.69) is 0 Å². The summed E-state index contributed by atoms with van der Waals surface area (Å²) in [6.07, 6.45) is 0.893. The van der Waals surface area contributed by atoms with Gasteiger partial charge in [0.25, 0.3) is 11.7 Å². The number of aliphatic hydroxyl groups is 1. The third-order valence-corrected chi connectivity index (χ3v) is 5.98. The fourth-order valence-electron chi connectivity index (χ4n) is 4.08. The molecule has 1 fully saturated rings. The van der Waals surface area contributed by atoms with Gasteiger partial charge >= 0.3 is 0 Å². The quantitative estimate of drug-likeness (QED) is 0.345. The first-order chi connectivity index (χ1) is 16.1. The molecule has 7 nitrogen and oxygen atoms in total. The standard InChI is InChI=1S/C27H35N3O4/c1-7-16-34-21-12-13-22(18(2)17-21)25(31)23-24(19-8-10-20(11-9-19)29(5)6)30(15-14-28(3)4)27(33)26(23)32/h8-13,17,24,31H,7,14-16H2,1-6H3. The molecule has 182 valence electrons. The van der Waals surface area contributed by atoms with Crippen LogP contribution >= 0.6 is 0 Å². The van der Waals surface area contributed by atoms with Gasteiger partial charge in [-0.2, -0.15) is 0 Å². The Morgan fingerprint density at radius 3 is 2.29 bits per heavy atom. The number of carbonyl (C=O) groups excluding carboxylic acids is 2. The minimum Gasteiger partial charge on any atom is -0.507 e. The molecule has 0 bridgehead atoms. The summed E-state index contributed by atoms with van der Waals surface area (Å²) in [5.41, 5.74) is 3.20. The smallest absolute Gasteiger partial charge is 0.295 e. The number of benzene rings is 2. The minimum absolute atomic E-state index is 0.117. The van der Waals surface area contributed by atoms with Crippen LogP contribution in [-0.2, 0) is 9.59 Å². The molecule has 1 N–H and O–H groups in total. The van der Waals surface area contributed by atoms with Gasteiger partial charge in [0.05, 0.1) is 18.2 Å². The van der Waals surface area contributed by atoms with Gasteiger partial charge in [-0.3, -0.25) is 9.59 Å². The molecule has 1 amide bonds. The maximum Gasteiger partial charge on any atom is 0.295 e. The maximum atomic E-state index is 13.2. The lowest BCUT2D eigenvalue weighted by Crippen LogP contribution is -2.35. The topological polar surface area (TPSA) is 73.3 Å². The number of nitrogens with zero attached hydrogens (tertiary/aromatic N) is 3. The van der Waals surface area contributed by atoms with Gasteiger partial charge in [-0.05, 0) is 68.9 Å². The molecule has 1 heterocycles. The number of Topliss-reactive ketones (excluding diaryl/α,β-unsaturated/α-hetero) is 1. The van der Waals surface area contributed by atoms with Crippen molar-refractivity contribution in [3.05, 3.63) is 64.7 Å². The number of ketones is 1. The van der Waals surface area contributed by atoms with Gasteiger partial charge in [-0.15, -0.1) is 0 Å². The first kappa shape index (κ1) is 25.3. The van der Waals surface area contributed by atoms with Crippen LogP contribution in [0.1, 0.15) is 36.1 Å². The number of rotatable bonds is 9. The Hall–Kier alpha value is -3.32. The maximum absolute atomic E-state index is 13.2. The van der Waals surface area contributed by atoms with Crippen molar-refractivity contribution in [2.24, 2.45) is 0 Å². The highest BCUT2D eigenvalue weighted by atomic mass is 16.5. The van der Waals surface area contributed by atoms with Crippen molar-refractivity contribution in [2.75, 3.05) is 52.8 Å². The predicted molar refractivity (Wildman–Crippen MR) is 135 cm³/mol. The largest absolute Gasteiger partial charge is 0.507 e. The van der Waals surface area contributed by atoms with E-state index in [9.17, 15) is 14.7 Å². The molecule has 0 aliphatic carbocycles. The van der Waals surface area contributed by atoms with Crippen molar-refractivity contribution in [3.8, 4) is 5.75 Å². The number of aryl methyl sites for hydroxylation is 1. The fraction of sp³-hybridized carbons (Fsp3) is 0.407. The second kappa shape index (κ2) is 10.7. The number of anilines is 1. The number of hydrogen-bond donors (Lipinski definition) is 1. The summed E-state index contributed by atoms with van der Waals surface area (Å²) < 4.78 is 5.69. The van der Waals surface area contributed by atoms with Crippen molar-refractivity contribution in [1.29, 1.82) is 0 Å². The van der Waals surface area contributed by atoms with Gasteiger partial charge in [0.1, 0.15) is 11.5 Å². The Morgan fingerprint density at radius 1 is 1.06 bits per heavy atom. The van der Waals surface area contributed by atoms with Gasteiger partial charge < -0.3 is 24.5 Å². The summed E-state index contributed by atoms with van der Waals surface area (Å²) >= 11 is 0. The van der Waals surface area contributed by atoms with Crippen LogP contribution in [0.2, 0.25) is 0 Å². The molecule has 1 saturated heterocycles. The molecule has 2 aromatic carbocycles. The van der Waals surface area contributed by atoms with Crippen molar-refractivity contribution in [1.82, 2.24) is 9.80 Å². The highest BCUT2D eigenvalue weighted by Gasteiger charge is 2.46. The van der Waals surface area contributed by atoms with Crippen LogP contribution < -0.4 is 9.64 Å². The van der Waals surface area contributed by atoms with E-state index >= 15 is 0 Å². The zero-order valence-electron chi connectivity index (χ0n) is 21.0. The van der Waals surface area contributed by atoms with Gasteiger partial charge in [-0.25, -0.2) is 0 Å². The molecule has 3 rings (SSSR count). The first-order valence-electron chi connectivity index (χ1n) is 11.6. The van der Waals surface area contributed by atoms with E-state index in [4.69, 9.17) is 4.74 Å². The average Bonchev–Trinajstić information content (AvgIpc) is 3.05. The summed E-state index contributed by atoms with van der Waals surface area (Å²) in [4.78, 5) is 31.8. The number of aliphatic hydroxyl groups excluding tert-OH is 1. The van der Waals surface area contributed by atoms with Gasteiger partial charge in [0, 0.05) is 38.4 Å². The summed E-state index contributed by atoms with van der Waals surface area (Å²) in [5.74, 6) is -0.709. The summed E-state index contributed by atoms with van der Waals surface area (Å²) in [6, 6.07) is 12.4. The molecule has 0 saturated carbocycles. The Kier molecular flexibility index (Phi) is 7.99. The molecule has 7 heteroatoms. The molecule has 1 aliphatic rings. The van der Waals surface area contributed by atoms with Gasteiger partial charge in [-0.1, -0.05) is 19.1 Å². The zero-order valence-corrected chi connectivity index (χ0v) is 21.0. The first-order valence-corrected chi connectivity index (χ1v) is 11.6. The highest BCUT2D eigenvalue weighted by molar-refractivity contribution is 6.46. The second-order valence-electron chi connectivity index (χ2n) is 9.11. The van der Waals surface area contributed by atoms with Crippen LogP contribution in [0.15, 0.2) is 48.0 Å². The molecule has 0 spiro atoms. The number of ether oxygens (including phenoxy) is 1. The van der Waals surface area contributed by atoms with Gasteiger partial charge in [0.15, 0.2) is 0 Å². The SMILES string of the molecule is CCCOc1ccc(C(O)=C2C(=O)C(=O)N(CCN(C)C)C2c2ccc(N(C)C)cc2)c(C)c1. The molecular weight excluding hydrogens is 430 g/mol. The number of hydrogen-bond acceptors (Lipinski definition) is 6. The Bertz CT molecular complexity index is 1070. The third-order valence-electron chi connectivity index (χ3n) is 5.98. The van der Waals surface area contributed by atoms with Crippen LogP contribution in [0.3, 0.4) is 0 Å². The lowest BCUT2D eigenvalue weighted by molar-refractivity contribution is -0.140. The van der Waals surface area contributed by atoms with Crippen LogP contribution in [0, 0.1) is 6.92 Å². The fourth-order valence-corrected chi connectivity index (χ4v) is 4.08. The summed E-state index contributed by atoms with van der Waals surface area (Å²) in [5, 5.41) is 11.3. The summed E-state index contributed by atoms with van der Waals surface area (Å²) in [7, 11) is 7.75. The van der Waals surface area contributed by atoms with Crippen LogP contribution in [-0.4, -0.2) is 74.5 Å². The predicted octanol–water partition coefficient (Wildman–Crippen LogP) is 3.83. The molecule has 0 aromatic heterocycles. The number of likely N-dealkylation sites (N-methyl/N-ethyl adjacent to an activating group) is 1. The molecule has 1 aliphatic heterocycles. The van der Waals surface area contributed by atoms with Crippen molar-refractivity contribution < 1.29 is 19.4 Å². The Morgan fingerprint density at radius 2 is 1.74 bits per heavy atom. The number of amides is 1. The van der Waals surface area contributed by atoms with Crippen LogP contribution in [0.5, 0.6) is 5.75 Å². The molecule has 0 radical (unpaired) electrons. The lowest BCUT2D eigenvalue weighted by atomic mass is 9.93. The van der Waals surface area contributed by atoms with E-state index in [1.807, 2.05) is 82.2 Å². The number of carbonyl (C=O) groups is 2. The Balaban J connectivity index is 2.10. The van der Waals surface area contributed by atoms with E-state index < -0.39 is 17.7 Å². The van der Waals surface area contributed by atoms with Crippen molar-refractivity contribution in [3.63, 3.8) is 0 Å². The van der Waals surface area contributed by atoms with E-state index in [-0.39, 0.29) is 11.3 Å². The molecule has 1 atom stereocenters. The summed E-state index contributed by atoms with van der Waals surface area (Å²) in [6.45, 7) is 5.47. The lowest BCUT2D eigenvalue weighted by Gasteiger charge is -2.27. The van der Waals surface area contributed by atoms with Crippen LogP contribution in [0.25, 0.3) is 5.76 Å². The van der Waals surface area contributed by atoms with Crippen LogP contribution in [0.4, 0.5) is 5.69 Å². The third kappa shape index (κ3) is 5.25. The second-order valence-corrected chi connectivity index (χ2v) is 9.11. The van der Waals surface area contributed by atoms with Crippen molar-refractivity contribution in [2.45, 2.75) is 26.3 Å². The van der Waals surface area contributed by atoms with E-state index in [1.54, 1.807) is 17.0 Å². The normalized spacial score (nSPS) is 17.5. The highest BCUT2D eigenvalue weighted by Crippen LogP contribution is 2.40. The number of likely N-dealkylation sites (tertiary alicyclic amines) is 1. The van der Waals surface area contributed by atoms with Crippen molar-refractivity contribution >= 4 is 23.1 Å². The molecular formula is C27H35N3O4. The van der Waals surface area contributed by atoms with E-state index in [0.717, 1.165) is 23.2 Å². The molecule has 2 aromatic rings. The minimum atomic E-state index is -0.663. The van der Waals surface area contributed by atoms with E-state index in [0.29, 0.717) is 31.0 Å².